The third kappa shape index (κ3) is 5.08. The van der Waals surface area contributed by atoms with Crippen LogP contribution in [0.2, 0.25) is 0 Å². The largest absolute Gasteiger partial charge is 0.480 e. The van der Waals surface area contributed by atoms with Crippen molar-refractivity contribution in [2.75, 3.05) is 64.6 Å². The van der Waals surface area contributed by atoms with Crippen LogP contribution in [0.5, 0.6) is 5.88 Å². The summed E-state index contributed by atoms with van der Waals surface area (Å²) in [6.07, 6.45) is 1.97. The molecule has 0 radical (unpaired) electrons. The van der Waals surface area contributed by atoms with Gasteiger partial charge in [0.15, 0.2) is 0 Å². The van der Waals surface area contributed by atoms with Crippen molar-refractivity contribution in [1.82, 2.24) is 24.8 Å². The van der Waals surface area contributed by atoms with E-state index in [1.54, 1.807) is 7.11 Å². The van der Waals surface area contributed by atoms with Gasteiger partial charge in [0.2, 0.25) is 11.8 Å². The van der Waals surface area contributed by atoms with E-state index < -0.39 is 0 Å². The highest BCUT2D eigenvalue weighted by Gasteiger charge is 2.17. The molecule has 0 amide bonds. The summed E-state index contributed by atoms with van der Waals surface area (Å²) in [6.45, 7) is 5.46. The van der Waals surface area contributed by atoms with Crippen molar-refractivity contribution in [3.8, 4) is 17.0 Å². The first kappa shape index (κ1) is 23.1. The van der Waals surface area contributed by atoms with Crippen LogP contribution in [-0.2, 0) is 6.54 Å². The summed E-state index contributed by atoms with van der Waals surface area (Å²) in [5, 5.41) is 4.20. The van der Waals surface area contributed by atoms with Crippen LogP contribution in [0.25, 0.3) is 22.2 Å². The molecule has 1 saturated heterocycles. The number of hydrogen-bond donors (Lipinski definition) is 2. The van der Waals surface area contributed by atoms with Crippen molar-refractivity contribution in [1.29, 1.82) is 0 Å². The number of anilines is 3. The fraction of sp³-hybridized carbons (Fsp3) is 0.333. The number of piperazine rings is 1. The number of benzene rings is 2. The monoisotopic (exact) mass is 471 g/mol. The van der Waals surface area contributed by atoms with Crippen molar-refractivity contribution in [2.24, 2.45) is 0 Å². The Kier molecular flexibility index (Phi) is 6.57. The molecule has 2 aromatic carbocycles. The molecule has 1 aliphatic heterocycles. The van der Waals surface area contributed by atoms with Crippen LogP contribution in [0.15, 0.2) is 54.7 Å². The Balaban J connectivity index is 1.36. The van der Waals surface area contributed by atoms with E-state index in [0.717, 1.165) is 66.3 Å². The second-order valence-electron chi connectivity index (χ2n) is 9.33. The van der Waals surface area contributed by atoms with Crippen molar-refractivity contribution in [3.63, 3.8) is 0 Å². The van der Waals surface area contributed by atoms with Gasteiger partial charge in [-0.3, -0.25) is 4.90 Å². The molecule has 0 saturated carbocycles. The number of hydrogen-bond acceptors (Lipinski definition) is 7. The third-order valence-electron chi connectivity index (χ3n) is 6.58. The molecule has 182 valence electrons. The second-order valence-corrected chi connectivity index (χ2v) is 9.33. The maximum Gasteiger partial charge on any atom is 0.232 e. The van der Waals surface area contributed by atoms with Gasteiger partial charge in [-0.15, -0.1) is 0 Å². The average molecular weight is 472 g/mol. The maximum absolute atomic E-state index is 5.68. The Hall–Kier alpha value is -3.62. The summed E-state index contributed by atoms with van der Waals surface area (Å²) < 4.78 is 5.68. The highest BCUT2D eigenvalue weighted by Crippen LogP contribution is 2.35. The molecule has 1 fully saturated rings. The number of nitrogens with zero attached hydrogens (tertiary/aromatic N) is 5. The van der Waals surface area contributed by atoms with Crippen molar-refractivity contribution < 1.29 is 4.74 Å². The Morgan fingerprint density at radius 1 is 1.03 bits per heavy atom. The molecular weight excluding hydrogens is 438 g/mol. The van der Waals surface area contributed by atoms with Crippen LogP contribution in [0.3, 0.4) is 0 Å². The van der Waals surface area contributed by atoms with E-state index >= 15 is 0 Å². The Morgan fingerprint density at radius 2 is 1.80 bits per heavy atom. The molecule has 1 aliphatic rings. The van der Waals surface area contributed by atoms with Crippen LogP contribution in [0, 0.1) is 0 Å². The van der Waals surface area contributed by atoms with Gasteiger partial charge in [-0.2, -0.15) is 9.97 Å². The average Bonchev–Trinajstić information content (AvgIpc) is 3.30. The minimum absolute atomic E-state index is 0.497. The zero-order chi connectivity index (χ0) is 24.4. The van der Waals surface area contributed by atoms with E-state index in [-0.39, 0.29) is 0 Å². The van der Waals surface area contributed by atoms with Gasteiger partial charge in [-0.1, -0.05) is 24.3 Å². The Morgan fingerprint density at radius 3 is 2.51 bits per heavy atom. The van der Waals surface area contributed by atoms with E-state index in [2.05, 4.69) is 85.6 Å². The molecule has 0 bridgehead atoms. The molecule has 0 unspecified atom stereocenters. The lowest BCUT2D eigenvalue weighted by molar-refractivity contribution is 0.148. The van der Waals surface area contributed by atoms with Crippen molar-refractivity contribution in [3.05, 3.63) is 60.3 Å². The third-order valence-corrected chi connectivity index (χ3v) is 6.58. The Bertz CT molecular complexity index is 1290. The van der Waals surface area contributed by atoms with Crippen LogP contribution in [0.1, 0.15) is 5.56 Å². The molecule has 8 nitrogen and oxygen atoms in total. The van der Waals surface area contributed by atoms with E-state index in [9.17, 15) is 0 Å². The molecule has 4 aromatic rings. The zero-order valence-corrected chi connectivity index (χ0v) is 20.9. The van der Waals surface area contributed by atoms with E-state index in [1.165, 1.54) is 5.56 Å². The number of aromatic amines is 1. The van der Waals surface area contributed by atoms with Crippen LogP contribution >= 0.6 is 0 Å². The number of ether oxygens (including phenoxy) is 1. The number of rotatable bonds is 7. The number of likely N-dealkylation sites (N-methyl/N-ethyl adjacent to an activating group) is 1. The van der Waals surface area contributed by atoms with E-state index in [1.807, 2.05) is 20.3 Å². The predicted octanol–water partition coefficient (Wildman–Crippen LogP) is 4.19. The molecule has 8 heteroatoms. The highest BCUT2D eigenvalue weighted by atomic mass is 16.5. The number of H-pyrrole nitrogens is 1. The second kappa shape index (κ2) is 9.93. The summed E-state index contributed by atoms with van der Waals surface area (Å²) in [4.78, 5) is 19.7. The summed E-state index contributed by atoms with van der Waals surface area (Å²) in [6, 6.07) is 16.9. The molecule has 0 aliphatic carbocycles. The van der Waals surface area contributed by atoms with Crippen LogP contribution in [-0.4, -0.2) is 79.2 Å². The fourth-order valence-corrected chi connectivity index (χ4v) is 4.47. The molecule has 5 rings (SSSR count). The predicted molar refractivity (Wildman–Crippen MR) is 143 cm³/mol. The van der Waals surface area contributed by atoms with Gasteiger partial charge in [0.05, 0.1) is 12.5 Å². The highest BCUT2D eigenvalue weighted by molar-refractivity contribution is 5.98. The van der Waals surface area contributed by atoms with E-state index in [0.29, 0.717) is 11.8 Å². The van der Waals surface area contributed by atoms with Gasteiger partial charge in [0.25, 0.3) is 0 Å². The van der Waals surface area contributed by atoms with Crippen LogP contribution in [0.4, 0.5) is 17.3 Å². The molecule has 3 heterocycles. The molecule has 35 heavy (non-hydrogen) atoms. The van der Waals surface area contributed by atoms with Gasteiger partial charge >= 0.3 is 0 Å². The van der Waals surface area contributed by atoms with Gasteiger partial charge in [-0.25, -0.2) is 0 Å². The molecule has 2 N–H and O–H groups in total. The SMILES string of the molecule is COc1nc(Nc2ccc(CN3CCN(C)CC3)cc2)nc2[nH]cc(-c3cccc(N(C)C)c3)c12. The lowest BCUT2D eigenvalue weighted by Crippen LogP contribution is -2.43. The quantitative estimate of drug-likeness (QED) is 0.419. The molecule has 0 spiro atoms. The number of nitrogens with one attached hydrogen (secondary N) is 2. The minimum atomic E-state index is 0.497. The molecule has 0 atom stereocenters. The number of aromatic nitrogens is 3. The summed E-state index contributed by atoms with van der Waals surface area (Å²) in [5.41, 5.74) is 6.21. The Labute approximate surface area is 206 Å². The van der Waals surface area contributed by atoms with Crippen molar-refractivity contribution in [2.45, 2.75) is 6.54 Å². The normalized spacial score (nSPS) is 14.9. The summed E-state index contributed by atoms with van der Waals surface area (Å²) in [7, 11) is 7.90. The topological polar surface area (TPSA) is 72.5 Å². The fourth-order valence-electron chi connectivity index (χ4n) is 4.47. The van der Waals surface area contributed by atoms with E-state index in [4.69, 9.17) is 9.72 Å². The van der Waals surface area contributed by atoms with Crippen LogP contribution < -0.4 is 15.0 Å². The molecule has 2 aromatic heterocycles. The minimum Gasteiger partial charge on any atom is -0.480 e. The molecular formula is C27H33N7O. The first-order chi connectivity index (χ1) is 17.0. The maximum atomic E-state index is 5.68. The zero-order valence-electron chi connectivity index (χ0n) is 20.9. The lowest BCUT2D eigenvalue weighted by Gasteiger charge is -2.32. The standard InChI is InChI=1S/C27H33N7O/c1-32(2)22-7-5-6-20(16-22)23-17-28-25-24(23)26(35-4)31-27(30-25)29-21-10-8-19(9-11-21)18-34-14-12-33(3)13-15-34/h5-11,16-17H,12-15,18H2,1-4H3,(H2,28,29,30,31). The van der Waals surface area contributed by atoms with Crippen molar-refractivity contribution >= 4 is 28.4 Å². The number of fused-ring (bicyclic) bond motifs is 1. The summed E-state index contributed by atoms with van der Waals surface area (Å²) >= 11 is 0. The first-order valence-corrected chi connectivity index (χ1v) is 12.0. The first-order valence-electron chi connectivity index (χ1n) is 12.0. The smallest absolute Gasteiger partial charge is 0.232 e. The lowest BCUT2D eigenvalue weighted by atomic mass is 10.1. The van der Waals surface area contributed by atoms with Gasteiger partial charge < -0.3 is 24.8 Å². The number of methoxy groups -OCH3 is 1. The van der Waals surface area contributed by atoms with Gasteiger partial charge in [0.1, 0.15) is 5.65 Å². The summed E-state index contributed by atoms with van der Waals surface area (Å²) in [5.74, 6) is 1.03. The van der Waals surface area contributed by atoms with Gasteiger partial charge in [-0.05, 0) is 42.4 Å². The van der Waals surface area contributed by atoms with Gasteiger partial charge in [0, 0.05) is 70.0 Å².